The highest BCUT2D eigenvalue weighted by Crippen LogP contribution is 2.31. The van der Waals surface area contributed by atoms with Gasteiger partial charge in [0.15, 0.2) is 12.2 Å². The number of hydrogen-bond donors (Lipinski definition) is 4. The number of anilines is 1. The molecule has 1 aromatic carbocycles. The van der Waals surface area contributed by atoms with Gasteiger partial charge in [-0.3, -0.25) is 15.0 Å². The van der Waals surface area contributed by atoms with E-state index in [2.05, 4.69) is 27.8 Å². The molecule has 1 aliphatic carbocycles. The zero-order valence-electron chi connectivity index (χ0n) is 17.9. The van der Waals surface area contributed by atoms with E-state index in [-0.39, 0.29) is 17.8 Å². The van der Waals surface area contributed by atoms with Crippen LogP contribution in [0.4, 0.5) is 5.69 Å². The molecule has 166 valence electrons. The van der Waals surface area contributed by atoms with Crippen LogP contribution in [0.5, 0.6) is 0 Å². The zero-order chi connectivity index (χ0) is 22.5. The van der Waals surface area contributed by atoms with E-state index >= 15 is 0 Å². The first-order valence-electron chi connectivity index (χ1n) is 10.9. The summed E-state index contributed by atoms with van der Waals surface area (Å²) in [5, 5.41) is 13.9. The number of carbonyl (C=O) groups excluding carboxylic acids is 2. The number of nitrogens with one attached hydrogen (secondary N) is 3. The van der Waals surface area contributed by atoms with Crippen molar-refractivity contribution >= 4 is 34.9 Å². The van der Waals surface area contributed by atoms with Crippen LogP contribution in [-0.4, -0.2) is 34.2 Å². The summed E-state index contributed by atoms with van der Waals surface area (Å²) in [5.74, 6) is 0.229. The lowest BCUT2D eigenvalue weighted by molar-refractivity contribution is -0.121. The molecule has 2 aromatic heterocycles. The van der Waals surface area contributed by atoms with E-state index < -0.39 is 0 Å². The fourth-order valence-electron chi connectivity index (χ4n) is 4.40. The number of carbonyl (C=O) groups is 2. The summed E-state index contributed by atoms with van der Waals surface area (Å²) in [6.45, 7) is 1.32. The first-order valence-corrected chi connectivity index (χ1v) is 10.9. The van der Waals surface area contributed by atoms with E-state index in [9.17, 15) is 9.59 Å². The summed E-state index contributed by atoms with van der Waals surface area (Å²) in [5.41, 5.74) is 8.15. The maximum atomic E-state index is 13.0. The van der Waals surface area contributed by atoms with Crippen molar-refractivity contribution in [2.45, 2.75) is 32.2 Å². The fraction of sp³-hybridized carbons (Fsp3) is 0.333. The molecule has 4 rings (SSSR count). The highest BCUT2D eigenvalue weighted by molar-refractivity contribution is 6.07. The Balaban J connectivity index is 1.49. The van der Waals surface area contributed by atoms with Crippen LogP contribution >= 0.6 is 0 Å². The maximum absolute atomic E-state index is 13.0. The molecular formula is C24H28N6O2. The van der Waals surface area contributed by atoms with Gasteiger partial charge in [-0.05, 0) is 43.2 Å². The molecule has 32 heavy (non-hydrogen) atoms. The molecule has 1 fully saturated rings. The van der Waals surface area contributed by atoms with Crippen molar-refractivity contribution in [1.82, 2.24) is 14.9 Å². The van der Waals surface area contributed by atoms with Crippen LogP contribution in [0.2, 0.25) is 0 Å². The summed E-state index contributed by atoms with van der Waals surface area (Å²) in [4.78, 5) is 29.2. The number of guanidine groups is 1. The SMILES string of the molecule is N=C(N)NC[C@H]1CC[C@H](C(=O)Nc2c(C=O)cnc3c2ccn3Cc2ccccc2)CC1. The zero-order valence-corrected chi connectivity index (χ0v) is 17.9. The van der Waals surface area contributed by atoms with Gasteiger partial charge in [0.1, 0.15) is 5.65 Å². The predicted molar refractivity (Wildman–Crippen MR) is 125 cm³/mol. The van der Waals surface area contributed by atoms with Gasteiger partial charge < -0.3 is 20.9 Å². The topological polar surface area (TPSA) is 126 Å². The highest BCUT2D eigenvalue weighted by atomic mass is 16.2. The Labute approximate surface area is 186 Å². The second kappa shape index (κ2) is 9.64. The second-order valence-corrected chi connectivity index (χ2v) is 8.37. The molecule has 2 heterocycles. The van der Waals surface area contributed by atoms with Crippen molar-refractivity contribution in [2.75, 3.05) is 11.9 Å². The van der Waals surface area contributed by atoms with E-state index in [4.69, 9.17) is 11.1 Å². The monoisotopic (exact) mass is 432 g/mol. The van der Waals surface area contributed by atoms with E-state index in [0.29, 0.717) is 30.3 Å². The van der Waals surface area contributed by atoms with Gasteiger partial charge in [0.25, 0.3) is 0 Å². The molecule has 0 aliphatic heterocycles. The molecule has 1 aliphatic rings. The van der Waals surface area contributed by atoms with Crippen molar-refractivity contribution in [3.05, 3.63) is 59.9 Å². The van der Waals surface area contributed by atoms with Crippen LogP contribution in [0.1, 0.15) is 41.6 Å². The first-order chi connectivity index (χ1) is 15.5. The first kappa shape index (κ1) is 21.5. The number of nitrogens with zero attached hydrogens (tertiary/aromatic N) is 2. The summed E-state index contributed by atoms with van der Waals surface area (Å²) in [6, 6.07) is 12.0. The van der Waals surface area contributed by atoms with Gasteiger partial charge in [0.2, 0.25) is 5.91 Å². The largest absolute Gasteiger partial charge is 0.370 e. The van der Waals surface area contributed by atoms with Gasteiger partial charge in [-0.2, -0.15) is 0 Å². The van der Waals surface area contributed by atoms with Gasteiger partial charge in [-0.25, -0.2) is 4.98 Å². The number of amides is 1. The van der Waals surface area contributed by atoms with E-state index in [1.165, 1.54) is 6.20 Å². The molecule has 0 unspecified atom stereocenters. The van der Waals surface area contributed by atoms with Crippen LogP contribution in [0.15, 0.2) is 48.8 Å². The van der Waals surface area contributed by atoms with E-state index in [1.807, 2.05) is 35.0 Å². The number of hydrogen-bond acceptors (Lipinski definition) is 4. The number of rotatable bonds is 7. The van der Waals surface area contributed by atoms with Gasteiger partial charge >= 0.3 is 0 Å². The Bertz CT molecular complexity index is 1120. The molecule has 1 saturated carbocycles. The summed E-state index contributed by atoms with van der Waals surface area (Å²) < 4.78 is 2.02. The molecule has 8 nitrogen and oxygen atoms in total. The molecule has 0 bridgehead atoms. The molecule has 0 atom stereocenters. The smallest absolute Gasteiger partial charge is 0.227 e. The number of aldehydes is 1. The average Bonchev–Trinajstić information content (AvgIpc) is 3.22. The third kappa shape index (κ3) is 4.80. The second-order valence-electron chi connectivity index (χ2n) is 8.37. The number of nitrogens with two attached hydrogens (primary N) is 1. The maximum Gasteiger partial charge on any atom is 0.227 e. The number of aromatic nitrogens is 2. The quantitative estimate of drug-likeness (QED) is 0.259. The van der Waals surface area contributed by atoms with E-state index in [1.54, 1.807) is 0 Å². The Morgan fingerprint density at radius 3 is 2.62 bits per heavy atom. The summed E-state index contributed by atoms with van der Waals surface area (Å²) in [6.07, 6.45) is 7.54. The number of fused-ring (bicyclic) bond motifs is 1. The Morgan fingerprint density at radius 1 is 1.19 bits per heavy atom. The summed E-state index contributed by atoms with van der Waals surface area (Å²) in [7, 11) is 0. The van der Waals surface area contributed by atoms with Crippen molar-refractivity contribution in [2.24, 2.45) is 17.6 Å². The molecular weight excluding hydrogens is 404 g/mol. The molecule has 3 aromatic rings. The van der Waals surface area contributed by atoms with Crippen molar-refractivity contribution in [3.63, 3.8) is 0 Å². The van der Waals surface area contributed by atoms with E-state index in [0.717, 1.165) is 48.6 Å². The highest BCUT2D eigenvalue weighted by Gasteiger charge is 2.27. The molecule has 0 spiro atoms. The lowest BCUT2D eigenvalue weighted by atomic mass is 9.81. The number of pyridine rings is 1. The normalized spacial score (nSPS) is 18.2. The van der Waals surface area contributed by atoms with Crippen molar-refractivity contribution in [3.8, 4) is 0 Å². The van der Waals surface area contributed by atoms with Crippen molar-refractivity contribution < 1.29 is 9.59 Å². The molecule has 8 heteroatoms. The summed E-state index contributed by atoms with van der Waals surface area (Å²) >= 11 is 0. The standard InChI is InChI=1S/C24H28N6O2/c25-24(26)28-12-16-6-8-18(9-7-16)23(32)29-21-19(15-31)13-27-22-20(21)10-11-30(22)14-17-4-2-1-3-5-17/h1-5,10-11,13,15-16,18H,6-9,12,14H2,(H4,25,26,28)(H,27,29,32)/t16-,18-. The lowest BCUT2D eigenvalue weighted by Gasteiger charge is -2.28. The van der Waals surface area contributed by atoms with Crippen molar-refractivity contribution in [1.29, 1.82) is 5.41 Å². The molecule has 0 saturated heterocycles. The average molecular weight is 433 g/mol. The van der Waals surface area contributed by atoms with Crippen LogP contribution in [0.3, 0.4) is 0 Å². The van der Waals surface area contributed by atoms with Crippen LogP contribution in [0, 0.1) is 17.2 Å². The third-order valence-corrected chi connectivity index (χ3v) is 6.19. The van der Waals surface area contributed by atoms with Crippen LogP contribution in [-0.2, 0) is 11.3 Å². The van der Waals surface area contributed by atoms with Crippen LogP contribution < -0.4 is 16.4 Å². The van der Waals surface area contributed by atoms with Gasteiger partial charge in [0.05, 0.1) is 11.3 Å². The number of benzene rings is 1. The Kier molecular flexibility index (Phi) is 6.49. The van der Waals surface area contributed by atoms with Crippen LogP contribution in [0.25, 0.3) is 11.0 Å². The fourth-order valence-corrected chi connectivity index (χ4v) is 4.40. The Hall–Kier alpha value is -3.68. The molecule has 0 radical (unpaired) electrons. The Morgan fingerprint density at radius 2 is 1.94 bits per heavy atom. The molecule has 5 N–H and O–H groups in total. The minimum absolute atomic E-state index is 0.0211. The minimum Gasteiger partial charge on any atom is -0.370 e. The molecule has 1 amide bonds. The van der Waals surface area contributed by atoms with Gasteiger partial charge in [-0.1, -0.05) is 30.3 Å². The third-order valence-electron chi connectivity index (χ3n) is 6.19. The van der Waals surface area contributed by atoms with Gasteiger partial charge in [-0.15, -0.1) is 0 Å². The predicted octanol–water partition coefficient (Wildman–Crippen LogP) is 3.13. The lowest BCUT2D eigenvalue weighted by Crippen LogP contribution is -2.36. The van der Waals surface area contributed by atoms with Gasteiger partial charge in [0, 0.05) is 36.8 Å². The minimum atomic E-state index is -0.0994.